The summed E-state index contributed by atoms with van der Waals surface area (Å²) in [5.74, 6) is 0. The highest BCUT2D eigenvalue weighted by Crippen LogP contribution is 2.59. The second-order valence-corrected chi connectivity index (χ2v) is 11.5. The molecule has 1 saturated carbocycles. The van der Waals surface area contributed by atoms with Crippen LogP contribution in [-0.2, 0) is 15.7 Å². The Kier molecular flexibility index (Phi) is 8.84. The van der Waals surface area contributed by atoms with Crippen LogP contribution in [0.2, 0.25) is 0 Å². The van der Waals surface area contributed by atoms with Gasteiger partial charge in [-0.2, -0.15) is 0 Å². The van der Waals surface area contributed by atoms with Gasteiger partial charge in [0.15, 0.2) is 0 Å². The summed E-state index contributed by atoms with van der Waals surface area (Å²) in [5.41, 5.74) is 5.38. The lowest BCUT2D eigenvalue weighted by Gasteiger charge is -2.56. The first-order valence-corrected chi connectivity index (χ1v) is 12.9. The molecule has 1 aliphatic carbocycles. The lowest BCUT2D eigenvalue weighted by molar-refractivity contribution is -0.849. The summed E-state index contributed by atoms with van der Waals surface area (Å²) < 4.78 is 7.29. The third-order valence-corrected chi connectivity index (χ3v) is 7.12. The van der Waals surface area contributed by atoms with E-state index in [0.29, 0.717) is 6.42 Å². The maximum atomic E-state index is 10.2. The number of quaternary nitrogens is 1. The van der Waals surface area contributed by atoms with Gasteiger partial charge in [0.2, 0.25) is 0 Å². The molecule has 0 bridgehead atoms. The average molecular weight is 489 g/mol. The second-order valence-electron chi connectivity index (χ2n) is 11.5. The molecular weight excluding hydrogens is 445 g/mol. The van der Waals surface area contributed by atoms with E-state index in [1.165, 1.54) is 22.3 Å². The van der Waals surface area contributed by atoms with E-state index >= 15 is 0 Å². The number of aryl methyl sites for hydroxylation is 3. The van der Waals surface area contributed by atoms with Crippen molar-refractivity contribution >= 4 is 7.32 Å². The monoisotopic (exact) mass is 488 g/mol. The van der Waals surface area contributed by atoms with Gasteiger partial charge in [0.1, 0.15) is 0 Å². The first-order valence-electron chi connectivity index (χ1n) is 12.9. The van der Waals surface area contributed by atoms with E-state index in [1.54, 1.807) is 0 Å². The van der Waals surface area contributed by atoms with Gasteiger partial charge in [0.25, 0.3) is 0 Å². The highest BCUT2D eigenvalue weighted by atomic mass is 16.6. The van der Waals surface area contributed by atoms with Gasteiger partial charge >= 0.3 is 7.32 Å². The molecule has 1 aliphatic rings. The summed E-state index contributed by atoms with van der Waals surface area (Å²) in [6, 6.07) is 25.1. The average Bonchev–Trinajstić information content (AvgIpc) is 2.79. The van der Waals surface area contributed by atoms with Crippen LogP contribution in [0.3, 0.4) is 0 Å². The van der Waals surface area contributed by atoms with Gasteiger partial charge in [-0.1, -0.05) is 85.6 Å². The van der Waals surface area contributed by atoms with Crippen LogP contribution in [0.15, 0.2) is 72.8 Å². The van der Waals surface area contributed by atoms with Gasteiger partial charge < -0.3 is 19.2 Å². The molecule has 0 heterocycles. The van der Waals surface area contributed by atoms with E-state index in [4.69, 9.17) is 4.65 Å². The third kappa shape index (κ3) is 5.76. The standard InChI is InChI=1S/C27H31BO3.C4H12N/c1-20-12-4-7-15-23(20)26(24-16-8-5-13-21(24)2)18-10-11-19-27(26,31-28(29)30)25-17-9-6-14-22(25)3;1-5(2,3)4/h4-9,12-17,29-30H,10-11,18-19H2,1-3H3;1-4H3/q;+1. The number of hydrogen-bond acceptors (Lipinski definition) is 3. The summed E-state index contributed by atoms with van der Waals surface area (Å²) >= 11 is 0. The Morgan fingerprint density at radius 2 is 1.00 bits per heavy atom. The summed E-state index contributed by atoms with van der Waals surface area (Å²) in [5, 5.41) is 20.4. The fourth-order valence-corrected chi connectivity index (χ4v) is 5.93. The van der Waals surface area contributed by atoms with Gasteiger partial charge in [-0.05, 0) is 67.0 Å². The summed E-state index contributed by atoms with van der Waals surface area (Å²) in [7, 11) is 6.63. The number of nitrogens with zero attached hydrogens (tertiary/aromatic N) is 1. The van der Waals surface area contributed by atoms with Crippen molar-refractivity contribution in [2.75, 3.05) is 28.2 Å². The molecule has 1 fully saturated rings. The Morgan fingerprint density at radius 1 is 0.639 bits per heavy atom. The van der Waals surface area contributed by atoms with Crippen molar-refractivity contribution in [3.63, 3.8) is 0 Å². The van der Waals surface area contributed by atoms with E-state index in [2.05, 4.69) is 110 Å². The van der Waals surface area contributed by atoms with E-state index in [-0.39, 0.29) is 0 Å². The van der Waals surface area contributed by atoms with E-state index in [9.17, 15) is 10.0 Å². The minimum absolute atomic E-state index is 0.558. The summed E-state index contributed by atoms with van der Waals surface area (Å²) in [4.78, 5) is 0. The van der Waals surface area contributed by atoms with Crippen LogP contribution in [0.1, 0.15) is 59.1 Å². The van der Waals surface area contributed by atoms with Gasteiger partial charge in [-0.15, -0.1) is 0 Å². The fourth-order valence-electron chi connectivity index (χ4n) is 5.93. The van der Waals surface area contributed by atoms with Crippen molar-refractivity contribution in [3.8, 4) is 0 Å². The molecule has 0 radical (unpaired) electrons. The van der Waals surface area contributed by atoms with Gasteiger partial charge in [-0.3, -0.25) is 0 Å². The molecule has 0 aromatic heterocycles. The molecule has 1 atom stereocenters. The Morgan fingerprint density at radius 3 is 1.39 bits per heavy atom. The van der Waals surface area contributed by atoms with Crippen LogP contribution in [0.4, 0.5) is 0 Å². The normalized spacial score (nSPS) is 19.2. The second kappa shape index (κ2) is 11.3. The molecule has 192 valence electrons. The Hall–Kier alpha value is -2.44. The molecule has 0 amide bonds. The lowest BCUT2D eigenvalue weighted by atomic mass is 9.52. The van der Waals surface area contributed by atoms with Crippen molar-refractivity contribution in [1.82, 2.24) is 0 Å². The quantitative estimate of drug-likeness (QED) is 0.359. The number of hydrogen-bond donors (Lipinski definition) is 2. The molecule has 3 aromatic rings. The molecule has 4 rings (SSSR count). The summed E-state index contributed by atoms with van der Waals surface area (Å²) in [6.07, 6.45) is 3.57. The molecule has 0 saturated heterocycles. The smallest absolute Gasteiger partial charge is 0.402 e. The number of benzene rings is 3. The maximum Gasteiger partial charge on any atom is 0.634 e. The van der Waals surface area contributed by atoms with E-state index in [1.807, 2.05) is 12.1 Å². The van der Waals surface area contributed by atoms with Gasteiger partial charge in [-0.25, -0.2) is 0 Å². The Bertz CT molecular complexity index is 1100. The van der Waals surface area contributed by atoms with Crippen LogP contribution >= 0.6 is 0 Å². The Balaban J connectivity index is 0.000000658. The fraction of sp³-hybridized carbons (Fsp3) is 0.419. The highest BCUT2D eigenvalue weighted by Gasteiger charge is 2.59. The first kappa shape index (κ1) is 28.1. The molecule has 0 spiro atoms. The van der Waals surface area contributed by atoms with Crippen molar-refractivity contribution in [2.24, 2.45) is 0 Å². The SMILES string of the molecule is C[N+](C)(C)C.Cc1ccccc1C1(OB(O)O)CCCCC1(c1ccccc1C)c1ccccc1C. The number of rotatable bonds is 5. The highest BCUT2D eigenvalue weighted by molar-refractivity contribution is 6.32. The molecule has 4 nitrogen and oxygen atoms in total. The molecule has 1 unspecified atom stereocenters. The topological polar surface area (TPSA) is 49.7 Å². The zero-order valence-corrected chi connectivity index (χ0v) is 23.1. The largest absolute Gasteiger partial charge is 0.634 e. The minimum atomic E-state index is -1.87. The molecule has 2 N–H and O–H groups in total. The van der Waals surface area contributed by atoms with Crippen molar-refractivity contribution < 1.29 is 19.2 Å². The maximum absolute atomic E-state index is 10.2. The first-order chi connectivity index (χ1) is 16.9. The van der Waals surface area contributed by atoms with Crippen LogP contribution in [0, 0.1) is 20.8 Å². The lowest BCUT2D eigenvalue weighted by Crippen LogP contribution is -2.57. The van der Waals surface area contributed by atoms with Crippen molar-refractivity contribution in [3.05, 3.63) is 106 Å². The zero-order chi connectivity index (χ0) is 26.6. The zero-order valence-electron chi connectivity index (χ0n) is 23.1. The minimum Gasteiger partial charge on any atom is -0.402 e. The van der Waals surface area contributed by atoms with Crippen LogP contribution in [0.5, 0.6) is 0 Å². The van der Waals surface area contributed by atoms with Gasteiger partial charge in [0.05, 0.1) is 39.2 Å². The predicted octanol–water partition coefficient (Wildman–Crippen LogP) is 5.68. The van der Waals surface area contributed by atoms with Gasteiger partial charge in [0, 0.05) is 0 Å². The van der Waals surface area contributed by atoms with E-state index < -0.39 is 18.3 Å². The van der Waals surface area contributed by atoms with Crippen molar-refractivity contribution in [1.29, 1.82) is 0 Å². The molecule has 5 heteroatoms. The van der Waals surface area contributed by atoms with Crippen LogP contribution < -0.4 is 0 Å². The molecular formula is C31H43BNO3+. The Labute approximate surface area is 218 Å². The van der Waals surface area contributed by atoms with Crippen LogP contribution in [0.25, 0.3) is 0 Å². The van der Waals surface area contributed by atoms with Crippen molar-refractivity contribution in [2.45, 2.75) is 57.5 Å². The predicted molar refractivity (Wildman–Crippen MR) is 150 cm³/mol. The van der Waals surface area contributed by atoms with Crippen LogP contribution in [-0.4, -0.2) is 50.0 Å². The summed E-state index contributed by atoms with van der Waals surface area (Å²) in [6.45, 7) is 6.36. The van der Waals surface area contributed by atoms with E-state index in [0.717, 1.165) is 34.9 Å². The molecule has 36 heavy (non-hydrogen) atoms. The molecule has 3 aromatic carbocycles. The molecule has 0 aliphatic heterocycles. The third-order valence-electron chi connectivity index (χ3n) is 7.12.